The van der Waals surface area contributed by atoms with Crippen molar-refractivity contribution in [3.05, 3.63) is 0 Å². The monoisotopic (exact) mass is 272 g/mol. The van der Waals surface area contributed by atoms with Crippen LogP contribution in [0.5, 0.6) is 0 Å². The Labute approximate surface area is 121 Å². The van der Waals surface area contributed by atoms with Crippen LogP contribution in [0.15, 0.2) is 0 Å². The first kappa shape index (κ1) is 18.9. The summed E-state index contributed by atoms with van der Waals surface area (Å²) in [5, 5.41) is 3.64. The van der Waals surface area contributed by atoms with Crippen LogP contribution in [0.2, 0.25) is 0 Å². The molecule has 0 bridgehead atoms. The summed E-state index contributed by atoms with van der Waals surface area (Å²) < 4.78 is 5.20. The van der Waals surface area contributed by atoms with Gasteiger partial charge in [-0.25, -0.2) is 0 Å². The highest BCUT2D eigenvalue weighted by Crippen LogP contribution is 2.06. The molecule has 0 heterocycles. The van der Waals surface area contributed by atoms with Gasteiger partial charge < -0.3 is 10.1 Å². The molecule has 0 rings (SSSR count). The largest absolute Gasteiger partial charge is 0.383 e. The third-order valence-corrected chi connectivity index (χ3v) is 3.87. The van der Waals surface area contributed by atoms with Crippen LogP contribution in [0.25, 0.3) is 0 Å². The first-order valence-electron chi connectivity index (χ1n) is 7.97. The molecule has 0 spiro atoms. The summed E-state index contributed by atoms with van der Waals surface area (Å²) in [5.41, 5.74) is 0. The van der Waals surface area contributed by atoms with Crippen molar-refractivity contribution in [2.24, 2.45) is 5.92 Å². The second-order valence-corrected chi connectivity index (χ2v) is 6.11. The fourth-order valence-electron chi connectivity index (χ4n) is 2.16. The van der Waals surface area contributed by atoms with E-state index in [2.05, 4.69) is 44.8 Å². The first-order chi connectivity index (χ1) is 9.01. The Morgan fingerprint density at radius 3 is 2.26 bits per heavy atom. The second kappa shape index (κ2) is 11.7. The first-order valence-corrected chi connectivity index (χ1v) is 7.97. The Hall–Kier alpha value is -0.120. The Morgan fingerprint density at radius 2 is 1.74 bits per heavy atom. The van der Waals surface area contributed by atoms with E-state index in [1.54, 1.807) is 7.11 Å². The van der Waals surface area contributed by atoms with Gasteiger partial charge in [-0.05, 0) is 39.0 Å². The van der Waals surface area contributed by atoms with Crippen molar-refractivity contribution in [1.29, 1.82) is 0 Å². The molecule has 3 nitrogen and oxygen atoms in total. The maximum absolute atomic E-state index is 5.20. The summed E-state index contributed by atoms with van der Waals surface area (Å²) in [6, 6.07) is 1.27. The van der Waals surface area contributed by atoms with E-state index < -0.39 is 0 Å². The molecule has 0 aliphatic heterocycles. The van der Waals surface area contributed by atoms with Crippen LogP contribution in [0.4, 0.5) is 0 Å². The quantitative estimate of drug-likeness (QED) is 0.591. The van der Waals surface area contributed by atoms with E-state index in [0.29, 0.717) is 12.1 Å². The molecular weight excluding hydrogens is 236 g/mol. The Bertz CT molecular complexity index is 197. The average Bonchev–Trinajstić information content (AvgIpc) is 2.39. The predicted molar refractivity (Wildman–Crippen MR) is 84.7 cm³/mol. The highest BCUT2D eigenvalue weighted by Gasteiger charge is 2.11. The van der Waals surface area contributed by atoms with Crippen LogP contribution >= 0.6 is 0 Å². The van der Waals surface area contributed by atoms with E-state index in [9.17, 15) is 0 Å². The number of methoxy groups -OCH3 is 1. The molecule has 0 saturated heterocycles. The van der Waals surface area contributed by atoms with Crippen LogP contribution in [-0.4, -0.2) is 50.3 Å². The molecule has 0 saturated carbocycles. The molecular formula is C16H36N2O. The lowest BCUT2D eigenvalue weighted by atomic mass is 10.0. The lowest BCUT2D eigenvalue weighted by Gasteiger charge is -2.28. The van der Waals surface area contributed by atoms with Gasteiger partial charge in [0.25, 0.3) is 0 Å². The molecule has 0 aromatic heterocycles. The van der Waals surface area contributed by atoms with Crippen molar-refractivity contribution >= 4 is 0 Å². The van der Waals surface area contributed by atoms with E-state index in [1.165, 1.54) is 19.3 Å². The van der Waals surface area contributed by atoms with Gasteiger partial charge in [-0.3, -0.25) is 4.90 Å². The van der Waals surface area contributed by atoms with Crippen molar-refractivity contribution in [2.45, 2.75) is 66.0 Å². The van der Waals surface area contributed by atoms with Gasteiger partial charge >= 0.3 is 0 Å². The van der Waals surface area contributed by atoms with Crippen LogP contribution in [0.3, 0.4) is 0 Å². The summed E-state index contributed by atoms with van der Waals surface area (Å²) in [5.74, 6) is 0.808. The van der Waals surface area contributed by atoms with Gasteiger partial charge in [-0.15, -0.1) is 0 Å². The number of nitrogens with one attached hydrogen (secondary N) is 1. The molecule has 0 aliphatic carbocycles. The van der Waals surface area contributed by atoms with Crippen molar-refractivity contribution in [2.75, 3.05) is 33.4 Å². The minimum atomic E-state index is 0.628. The SMILES string of the molecule is CCC(C)N(CCNC(C)CCC(C)C)CCOC. The summed E-state index contributed by atoms with van der Waals surface area (Å²) in [6.45, 7) is 15.5. The minimum Gasteiger partial charge on any atom is -0.383 e. The second-order valence-electron chi connectivity index (χ2n) is 6.11. The Morgan fingerprint density at radius 1 is 1.05 bits per heavy atom. The molecule has 3 heteroatoms. The third kappa shape index (κ3) is 10.3. The highest BCUT2D eigenvalue weighted by molar-refractivity contribution is 4.69. The molecule has 0 fully saturated rings. The fourth-order valence-corrected chi connectivity index (χ4v) is 2.16. The number of rotatable bonds is 12. The third-order valence-electron chi connectivity index (χ3n) is 3.87. The Balaban J connectivity index is 3.84. The number of nitrogens with zero attached hydrogens (tertiary/aromatic N) is 1. The summed E-state index contributed by atoms with van der Waals surface area (Å²) in [6.07, 6.45) is 3.79. The van der Waals surface area contributed by atoms with E-state index in [0.717, 1.165) is 32.2 Å². The zero-order valence-corrected chi connectivity index (χ0v) is 14.0. The molecule has 0 aromatic rings. The van der Waals surface area contributed by atoms with Crippen molar-refractivity contribution in [1.82, 2.24) is 10.2 Å². The lowest BCUT2D eigenvalue weighted by Crippen LogP contribution is -2.41. The van der Waals surface area contributed by atoms with Gasteiger partial charge in [0.2, 0.25) is 0 Å². The van der Waals surface area contributed by atoms with Crippen LogP contribution in [0.1, 0.15) is 53.9 Å². The van der Waals surface area contributed by atoms with Crippen LogP contribution < -0.4 is 5.32 Å². The van der Waals surface area contributed by atoms with Gasteiger partial charge in [0.05, 0.1) is 6.61 Å². The molecule has 2 atom stereocenters. The summed E-state index contributed by atoms with van der Waals surface area (Å²) >= 11 is 0. The molecule has 0 aromatic carbocycles. The molecule has 0 aliphatic rings. The smallest absolute Gasteiger partial charge is 0.0589 e. The summed E-state index contributed by atoms with van der Waals surface area (Å²) in [4.78, 5) is 2.52. The van der Waals surface area contributed by atoms with E-state index in [1.807, 2.05) is 0 Å². The van der Waals surface area contributed by atoms with Gasteiger partial charge in [-0.2, -0.15) is 0 Å². The van der Waals surface area contributed by atoms with Crippen molar-refractivity contribution in [3.63, 3.8) is 0 Å². The van der Waals surface area contributed by atoms with Gasteiger partial charge in [-0.1, -0.05) is 20.8 Å². The van der Waals surface area contributed by atoms with E-state index >= 15 is 0 Å². The Kier molecular flexibility index (Phi) is 11.6. The normalized spacial score (nSPS) is 15.2. The summed E-state index contributed by atoms with van der Waals surface area (Å²) in [7, 11) is 1.78. The zero-order chi connectivity index (χ0) is 14.7. The van der Waals surface area contributed by atoms with E-state index in [-0.39, 0.29) is 0 Å². The highest BCUT2D eigenvalue weighted by atomic mass is 16.5. The number of ether oxygens (including phenoxy) is 1. The van der Waals surface area contributed by atoms with Gasteiger partial charge in [0.15, 0.2) is 0 Å². The van der Waals surface area contributed by atoms with Crippen LogP contribution in [-0.2, 0) is 4.74 Å². The van der Waals surface area contributed by atoms with Crippen molar-refractivity contribution < 1.29 is 4.74 Å². The topological polar surface area (TPSA) is 24.5 Å². The standard InChI is InChI=1S/C16H36N2O/c1-7-16(5)18(12-13-19-6)11-10-17-15(4)9-8-14(2)3/h14-17H,7-13H2,1-6H3. The molecule has 19 heavy (non-hydrogen) atoms. The van der Waals surface area contributed by atoms with Gasteiger partial charge in [0.1, 0.15) is 0 Å². The van der Waals surface area contributed by atoms with Gasteiger partial charge in [0, 0.05) is 38.8 Å². The zero-order valence-electron chi connectivity index (χ0n) is 14.0. The van der Waals surface area contributed by atoms with Crippen molar-refractivity contribution in [3.8, 4) is 0 Å². The lowest BCUT2D eigenvalue weighted by molar-refractivity contribution is 0.123. The number of hydrogen-bond donors (Lipinski definition) is 1. The average molecular weight is 272 g/mol. The van der Waals surface area contributed by atoms with Crippen LogP contribution in [0, 0.1) is 5.92 Å². The predicted octanol–water partition coefficient (Wildman–Crippen LogP) is 3.15. The molecule has 116 valence electrons. The maximum Gasteiger partial charge on any atom is 0.0589 e. The molecule has 0 radical (unpaired) electrons. The molecule has 1 N–H and O–H groups in total. The molecule has 2 unspecified atom stereocenters. The number of hydrogen-bond acceptors (Lipinski definition) is 3. The fraction of sp³-hybridized carbons (Fsp3) is 1.00. The van der Waals surface area contributed by atoms with E-state index in [4.69, 9.17) is 4.74 Å². The minimum absolute atomic E-state index is 0.628. The maximum atomic E-state index is 5.20. The molecule has 0 amide bonds.